The molecule has 0 amide bonds. The van der Waals surface area contributed by atoms with Crippen LogP contribution in [0.5, 0.6) is 0 Å². The molecule has 1 atom stereocenters. The maximum absolute atomic E-state index is 11.1. The highest BCUT2D eigenvalue weighted by Crippen LogP contribution is 2.14. The van der Waals surface area contributed by atoms with Gasteiger partial charge in [0.15, 0.2) is 5.96 Å². The van der Waals surface area contributed by atoms with E-state index in [4.69, 9.17) is 0 Å². The molecule has 0 saturated heterocycles. The first-order valence-corrected chi connectivity index (χ1v) is 9.38. The summed E-state index contributed by atoms with van der Waals surface area (Å²) in [7, 11) is -1.21. The first-order valence-electron chi connectivity index (χ1n) is 6.50. The van der Waals surface area contributed by atoms with Gasteiger partial charge in [0.05, 0.1) is 12.3 Å². The topological polar surface area (TPSA) is 70.6 Å². The van der Waals surface area contributed by atoms with E-state index in [1.165, 1.54) is 16.0 Å². The quantitative estimate of drug-likeness (QED) is 0.617. The van der Waals surface area contributed by atoms with Gasteiger partial charge < -0.3 is 10.6 Å². The molecule has 0 bridgehead atoms. The summed E-state index contributed by atoms with van der Waals surface area (Å²) in [6.45, 7) is 4.75. The van der Waals surface area contributed by atoms with Crippen LogP contribution in [-0.2, 0) is 16.4 Å². The third-order valence-electron chi connectivity index (χ3n) is 2.75. The summed E-state index contributed by atoms with van der Waals surface area (Å²) >= 11 is 1.75. The molecule has 114 valence electrons. The van der Waals surface area contributed by atoms with Crippen molar-refractivity contribution < 1.29 is 8.42 Å². The number of hydrogen-bond acceptors (Lipinski definition) is 4. The van der Waals surface area contributed by atoms with Crippen molar-refractivity contribution in [2.45, 2.75) is 32.9 Å². The van der Waals surface area contributed by atoms with Crippen LogP contribution in [0, 0.1) is 6.92 Å². The zero-order valence-corrected chi connectivity index (χ0v) is 14.1. The van der Waals surface area contributed by atoms with Gasteiger partial charge in [-0.3, -0.25) is 4.99 Å². The van der Waals surface area contributed by atoms with Gasteiger partial charge in [-0.05, 0) is 32.4 Å². The maximum atomic E-state index is 11.1. The highest BCUT2D eigenvalue weighted by atomic mass is 32.2. The summed E-state index contributed by atoms with van der Waals surface area (Å²) in [6, 6.07) is 4.24. The SMILES string of the molecule is CN=C(NCc1ccc(C)s1)NC(C)CCS(C)(=O)=O. The number of sulfone groups is 1. The Labute approximate surface area is 125 Å². The van der Waals surface area contributed by atoms with Crippen molar-refractivity contribution in [1.29, 1.82) is 0 Å². The van der Waals surface area contributed by atoms with Crippen LogP contribution in [0.3, 0.4) is 0 Å². The molecule has 1 heterocycles. The molecule has 20 heavy (non-hydrogen) atoms. The number of rotatable bonds is 6. The van der Waals surface area contributed by atoms with Crippen LogP contribution >= 0.6 is 11.3 Å². The summed E-state index contributed by atoms with van der Waals surface area (Å²) in [4.78, 5) is 6.67. The Hall–Kier alpha value is -1.08. The van der Waals surface area contributed by atoms with Gasteiger partial charge >= 0.3 is 0 Å². The second-order valence-corrected chi connectivity index (χ2v) is 8.53. The first-order chi connectivity index (χ1) is 9.30. The Bertz CT molecular complexity index is 550. The number of guanidine groups is 1. The first kappa shape index (κ1) is 17.0. The fraction of sp³-hybridized carbons (Fsp3) is 0.615. The summed E-state index contributed by atoms with van der Waals surface area (Å²) in [6.07, 6.45) is 1.82. The molecule has 1 aromatic rings. The molecule has 1 rings (SSSR count). The van der Waals surface area contributed by atoms with Gasteiger partial charge in [0.2, 0.25) is 0 Å². The summed E-state index contributed by atoms with van der Waals surface area (Å²) < 4.78 is 22.3. The van der Waals surface area contributed by atoms with Gasteiger partial charge in [-0.15, -0.1) is 11.3 Å². The van der Waals surface area contributed by atoms with Crippen LogP contribution in [-0.4, -0.2) is 39.5 Å². The number of thiophene rings is 1. The maximum Gasteiger partial charge on any atom is 0.191 e. The molecular weight excluding hydrogens is 294 g/mol. The molecule has 1 unspecified atom stereocenters. The zero-order chi connectivity index (χ0) is 15.2. The average molecular weight is 317 g/mol. The molecule has 0 radical (unpaired) electrons. The van der Waals surface area contributed by atoms with Crippen molar-refractivity contribution >= 4 is 27.1 Å². The molecule has 0 aliphatic carbocycles. The third kappa shape index (κ3) is 6.91. The van der Waals surface area contributed by atoms with Crippen LogP contribution < -0.4 is 10.6 Å². The van der Waals surface area contributed by atoms with Gasteiger partial charge in [0.25, 0.3) is 0 Å². The number of nitrogens with one attached hydrogen (secondary N) is 2. The molecule has 0 aliphatic rings. The Morgan fingerprint density at radius 3 is 2.65 bits per heavy atom. The lowest BCUT2D eigenvalue weighted by Gasteiger charge is -2.17. The number of nitrogens with zero attached hydrogens (tertiary/aromatic N) is 1. The number of aliphatic imine (C=N–C) groups is 1. The summed E-state index contributed by atoms with van der Waals surface area (Å²) in [5, 5.41) is 6.42. The Kier molecular flexibility index (Phi) is 6.48. The third-order valence-corrected chi connectivity index (χ3v) is 4.73. The standard InChI is InChI=1S/C13H23N3O2S2/c1-10(7-8-20(4,17)18)16-13(14-3)15-9-12-6-5-11(2)19-12/h5-6,10H,7-9H2,1-4H3,(H2,14,15,16). The van der Waals surface area contributed by atoms with Crippen molar-refractivity contribution in [3.05, 3.63) is 21.9 Å². The Morgan fingerprint density at radius 2 is 2.15 bits per heavy atom. The molecule has 0 aliphatic heterocycles. The molecule has 2 N–H and O–H groups in total. The second-order valence-electron chi connectivity index (χ2n) is 4.90. The minimum absolute atomic E-state index is 0.0565. The van der Waals surface area contributed by atoms with Crippen molar-refractivity contribution in [3.8, 4) is 0 Å². The van der Waals surface area contributed by atoms with E-state index >= 15 is 0 Å². The lowest BCUT2D eigenvalue weighted by molar-refractivity contribution is 0.581. The lowest BCUT2D eigenvalue weighted by Crippen LogP contribution is -2.42. The van der Waals surface area contributed by atoms with E-state index in [1.807, 2.05) is 6.92 Å². The minimum Gasteiger partial charge on any atom is -0.354 e. The normalized spacial score (nSPS) is 14.1. The molecule has 0 fully saturated rings. The highest BCUT2D eigenvalue weighted by molar-refractivity contribution is 7.90. The van der Waals surface area contributed by atoms with Crippen molar-refractivity contribution in [2.75, 3.05) is 19.1 Å². The van der Waals surface area contributed by atoms with Crippen molar-refractivity contribution in [2.24, 2.45) is 4.99 Å². The van der Waals surface area contributed by atoms with E-state index in [0.29, 0.717) is 12.4 Å². The predicted molar refractivity (Wildman–Crippen MR) is 86.2 cm³/mol. The van der Waals surface area contributed by atoms with Crippen molar-refractivity contribution in [3.63, 3.8) is 0 Å². The Balaban J connectivity index is 2.39. The van der Waals surface area contributed by atoms with E-state index in [-0.39, 0.29) is 11.8 Å². The van der Waals surface area contributed by atoms with Gasteiger partial charge in [-0.25, -0.2) is 8.42 Å². The van der Waals surface area contributed by atoms with Crippen LogP contribution in [0.1, 0.15) is 23.1 Å². The monoisotopic (exact) mass is 317 g/mol. The van der Waals surface area contributed by atoms with E-state index in [1.54, 1.807) is 18.4 Å². The van der Waals surface area contributed by atoms with E-state index in [2.05, 4.69) is 34.7 Å². The molecule has 7 heteroatoms. The van der Waals surface area contributed by atoms with Crippen LogP contribution in [0.15, 0.2) is 17.1 Å². The molecule has 0 aromatic carbocycles. The highest BCUT2D eigenvalue weighted by Gasteiger charge is 2.09. The van der Waals surface area contributed by atoms with Gasteiger partial charge in [-0.2, -0.15) is 0 Å². The largest absolute Gasteiger partial charge is 0.354 e. The second kappa shape index (κ2) is 7.64. The fourth-order valence-electron chi connectivity index (χ4n) is 1.64. The average Bonchev–Trinajstić information content (AvgIpc) is 2.77. The van der Waals surface area contributed by atoms with E-state index < -0.39 is 9.84 Å². The molecule has 0 saturated carbocycles. The van der Waals surface area contributed by atoms with Crippen LogP contribution in [0.4, 0.5) is 0 Å². The van der Waals surface area contributed by atoms with Gasteiger partial charge in [0, 0.05) is 29.1 Å². The molecule has 5 nitrogen and oxygen atoms in total. The summed E-state index contributed by atoms with van der Waals surface area (Å²) in [5.41, 5.74) is 0. The van der Waals surface area contributed by atoms with Gasteiger partial charge in [0.1, 0.15) is 9.84 Å². The predicted octanol–water partition coefficient (Wildman–Crippen LogP) is 1.54. The lowest BCUT2D eigenvalue weighted by atomic mass is 10.3. The molecule has 0 spiro atoms. The van der Waals surface area contributed by atoms with Crippen LogP contribution in [0.2, 0.25) is 0 Å². The Morgan fingerprint density at radius 1 is 1.45 bits per heavy atom. The minimum atomic E-state index is -2.91. The summed E-state index contributed by atoms with van der Waals surface area (Å²) in [5.74, 6) is 0.875. The van der Waals surface area contributed by atoms with Crippen molar-refractivity contribution in [1.82, 2.24) is 10.6 Å². The van der Waals surface area contributed by atoms with Crippen LogP contribution in [0.25, 0.3) is 0 Å². The van der Waals surface area contributed by atoms with E-state index in [0.717, 1.165) is 6.54 Å². The van der Waals surface area contributed by atoms with E-state index in [9.17, 15) is 8.42 Å². The number of hydrogen-bond donors (Lipinski definition) is 2. The zero-order valence-electron chi connectivity index (χ0n) is 12.4. The molecule has 1 aromatic heterocycles. The fourth-order valence-corrected chi connectivity index (χ4v) is 3.25. The van der Waals surface area contributed by atoms with Gasteiger partial charge in [-0.1, -0.05) is 0 Å². The molecular formula is C13H23N3O2S2. The number of aryl methyl sites for hydroxylation is 1. The smallest absolute Gasteiger partial charge is 0.191 e.